The zero-order chi connectivity index (χ0) is 17.8. The third-order valence-electron chi connectivity index (χ3n) is 4.41. The van der Waals surface area contributed by atoms with Crippen LogP contribution in [0.25, 0.3) is 6.08 Å². The molecule has 5 heteroatoms. The third kappa shape index (κ3) is 3.82. The van der Waals surface area contributed by atoms with Gasteiger partial charge in [0.05, 0.1) is 18.8 Å². The van der Waals surface area contributed by atoms with E-state index < -0.39 is 0 Å². The molecular weight excluding hydrogens is 316 g/mol. The van der Waals surface area contributed by atoms with Gasteiger partial charge >= 0.3 is 0 Å². The number of aromatic hydroxyl groups is 1. The summed E-state index contributed by atoms with van der Waals surface area (Å²) in [6, 6.07) is 11.0. The molecule has 0 aliphatic carbocycles. The highest BCUT2D eigenvalue weighted by Crippen LogP contribution is 2.31. The second-order valence-electron chi connectivity index (χ2n) is 6.16. The van der Waals surface area contributed by atoms with E-state index in [1.165, 1.54) is 7.11 Å². The van der Waals surface area contributed by atoms with E-state index >= 15 is 0 Å². The first-order valence-electron chi connectivity index (χ1n) is 8.38. The minimum Gasteiger partial charge on any atom is -0.504 e. The van der Waals surface area contributed by atoms with Crippen molar-refractivity contribution in [2.75, 3.05) is 13.7 Å². The largest absolute Gasteiger partial charge is 0.504 e. The van der Waals surface area contributed by atoms with Gasteiger partial charge in [0.25, 0.3) is 0 Å². The molecule has 0 spiro atoms. The first-order valence-corrected chi connectivity index (χ1v) is 8.38. The lowest BCUT2D eigenvalue weighted by atomic mass is 10.1. The Morgan fingerprint density at radius 3 is 2.92 bits per heavy atom. The van der Waals surface area contributed by atoms with Gasteiger partial charge < -0.3 is 14.7 Å². The minimum absolute atomic E-state index is 0.0290. The molecule has 3 rings (SSSR count). The van der Waals surface area contributed by atoms with Crippen molar-refractivity contribution in [3.8, 4) is 11.5 Å². The Kier molecular flexibility index (Phi) is 5.03. The summed E-state index contributed by atoms with van der Waals surface area (Å²) in [5.41, 5.74) is 2.65. The van der Waals surface area contributed by atoms with E-state index in [4.69, 9.17) is 4.74 Å². The van der Waals surface area contributed by atoms with Crippen LogP contribution in [0.4, 0.5) is 0 Å². The van der Waals surface area contributed by atoms with Crippen molar-refractivity contribution in [2.45, 2.75) is 25.8 Å². The van der Waals surface area contributed by atoms with E-state index in [2.05, 4.69) is 4.98 Å². The number of likely N-dealkylation sites (tertiary alicyclic amines) is 1. The highest BCUT2D eigenvalue weighted by Gasteiger charge is 2.29. The van der Waals surface area contributed by atoms with Crippen molar-refractivity contribution in [3.05, 3.63) is 59.4 Å². The van der Waals surface area contributed by atoms with Crippen LogP contribution in [0.15, 0.2) is 42.5 Å². The molecule has 0 radical (unpaired) electrons. The van der Waals surface area contributed by atoms with E-state index in [1.807, 2.05) is 30.0 Å². The molecule has 1 atom stereocenters. The number of phenols is 1. The molecule has 0 saturated carbocycles. The molecule has 0 bridgehead atoms. The predicted molar refractivity (Wildman–Crippen MR) is 96.4 cm³/mol. The average Bonchev–Trinajstić information content (AvgIpc) is 3.09. The van der Waals surface area contributed by atoms with E-state index in [0.29, 0.717) is 5.75 Å². The number of rotatable bonds is 4. The number of nitrogens with zero attached hydrogens (tertiary/aromatic N) is 2. The Bertz CT molecular complexity index is 801. The second kappa shape index (κ2) is 7.38. The molecule has 1 N–H and O–H groups in total. The Hall–Kier alpha value is -2.82. The molecule has 1 saturated heterocycles. The number of pyridine rings is 1. The molecule has 130 valence electrons. The number of carbonyl (C=O) groups is 1. The summed E-state index contributed by atoms with van der Waals surface area (Å²) in [6.45, 7) is 2.69. The van der Waals surface area contributed by atoms with E-state index in [1.54, 1.807) is 30.4 Å². The lowest BCUT2D eigenvalue weighted by Gasteiger charge is -2.23. The van der Waals surface area contributed by atoms with Crippen molar-refractivity contribution in [2.24, 2.45) is 0 Å². The number of methoxy groups -OCH3 is 1. The van der Waals surface area contributed by atoms with Gasteiger partial charge in [0.2, 0.25) is 5.91 Å². The number of aromatic nitrogens is 1. The maximum absolute atomic E-state index is 12.6. The monoisotopic (exact) mass is 338 g/mol. The van der Waals surface area contributed by atoms with E-state index in [-0.39, 0.29) is 17.7 Å². The zero-order valence-corrected chi connectivity index (χ0v) is 14.5. The van der Waals surface area contributed by atoms with Gasteiger partial charge in [-0.15, -0.1) is 0 Å². The number of phenolic OH excluding ortho intramolecular Hbond substituents is 1. The summed E-state index contributed by atoms with van der Waals surface area (Å²) in [6.07, 6.45) is 5.17. The van der Waals surface area contributed by atoms with Crippen LogP contribution in [0.2, 0.25) is 0 Å². The number of carbonyl (C=O) groups excluding carboxylic acids is 1. The standard InChI is InChI=1S/C20H22N2O3/c1-14-5-3-6-16(21-14)17-7-4-12-22(17)20(24)11-9-15-8-10-19(25-2)18(23)13-15/h3,5-6,8-11,13,17,23H,4,7,12H2,1-2H3/b11-9+/t17-/m0/s1. The van der Waals surface area contributed by atoms with Crippen LogP contribution in [0.5, 0.6) is 11.5 Å². The van der Waals surface area contributed by atoms with Gasteiger partial charge in [0.1, 0.15) is 0 Å². The second-order valence-corrected chi connectivity index (χ2v) is 6.16. The summed E-state index contributed by atoms with van der Waals surface area (Å²) >= 11 is 0. The van der Waals surface area contributed by atoms with Gasteiger partial charge in [-0.1, -0.05) is 12.1 Å². The molecule has 1 aromatic heterocycles. The van der Waals surface area contributed by atoms with Crippen LogP contribution < -0.4 is 4.74 Å². The first-order chi connectivity index (χ1) is 12.1. The van der Waals surface area contributed by atoms with Crippen LogP contribution in [-0.2, 0) is 4.79 Å². The number of amides is 1. The van der Waals surface area contributed by atoms with Crippen molar-refractivity contribution >= 4 is 12.0 Å². The molecule has 2 heterocycles. The summed E-state index contributed by atoms with van der Waals surface area (Å²) in [4.78, 5) is 19.1. The Morgan fingerprint density at radius 1 is 1.36 bits per heavy atom. The Morgan fingerprint density at radius 2 is 2.20 bits per heavy atom. The quantitative estimate of drug-likeness (QED) is 0.867. The van der Waals surface area contributed by atoms with E-state index in [0.717, 1.165) is 36.3 Å². The zero-order valence-electron chi connectivity index (χ0n) is 14.5. The normalized spacial score (nSPS) is 17.2. The molecule has 5 nitrogen and oxygen atoms in total. The highest BCUT2D eigenvalue weighted by atomic mass is 16.5. The fourth-order valence-electron chi connectivity index (χ4n) is 3.16. The van der Waals surface area contributed by atoms with Crippen LogP contribution in [0.3, 0.4) is 0 Å². The maximum Gasteiger partial charge on any atom is 0.247 e. The molecule has 1 aliphatic heterocycles. The lowest BCUT2D eigenvalue weighted by Crippen LogP contribution is -2.29. The SMILES string of the molecule is COc1ccc(/C=C/C(=O)N2CCC[C@H]2c2cccc(C)n2)cc1O. The summed E-state index contributed by atoms with van der Waals surface area (Å²) in [7, 11) is 1.50. The van der Waals surface area contributed by atoms with Crippen molar-refractivity contribution < 1.29 is 14.6 Å². The molecule has 1 aromatic carbocycles. The predicted octanol–water partition coefficient (Wildman–Crippen LogP) is 3.48. The maximum atomic E-state index is 12.6. The number of hydrogen-bond donors (Lipinski definition) is 1. The summed E-state index contributed by atoms with van der Waals surface area (Å²) in [5, 5.41) is 9.82. The van der Waals surface area contributed by atoms with Gasteiger partial charge in [-0.2, -0.15) is 0 Å². The first kappa shape index (κ1) is 17.0. The van der Waals surface area contributed by atoms with Crippen molar-refractivity contribution in [1.82, 2.24) is 9.88 Å². The molecule has 1 aliphatic rings. The summed E-state index contributed by atoms with van der Waals surface area (Å²) < 4.78 is 5.02. The average molecular weight is 338 g/mol. The van der Waals surface area contributed by atoms with Crippen molar-refractivity contribution in [1.29, 1.82) is 0 Å². The number of ether oxygens (including phenoxy) is 1. The van der Waals surface area contributed by atoms with Crippen LogP contribution in [-0.4, -0.2) is 34.6 Å². The van der Waals surface area contributed by atoms with Gasteiger partial charge in [-0.05, 0) is 55.7 Å². The fraction of sp³-hybridized carbons (Fsp3) is 0.300. The van der Waals surface area contributed by atoms with Crippen LogP contribution in [0, 0.1) is 6.92 Å². The van der Waals surface area contributed by atoms with Gasteiger partial charge in [0.15, 0.2) is 11.5 Å². The molecule has 25 heavy (non-hydrogen) atoms. The van der Waals surface area contributed by atoms with E-state index in [9.17, 15) is 9.90 Å². The topological polar surface area (TPSA) is 62.7 Å². The molecular formula is C20H22N2O3. The number of aryl methyl sites for hydroxylation is 1. The lowest BCUT2D eigenvalue weighted by molar-refractivity contribution is -0.126. The van der Waals surface area contributed by atoms with Gasteiger partial charge in [0, 0.05) is 18.3 Å². The van der Waals surface area contributed by atoms with Crippen molar-refractivity contribution in [3.63, 3.8) is 0 Å². The highest BCUT2D eigenvalue weighted by molar-refractivity contribution is 5.92. The van der Waals surface area contributed by atoms with Gasteiger partial charge in [-0.3, -0.25) is 9.78 Å². The molecule has 1 amide bonds. The molecule has 2 aromatic rings. The molecule has 1 fully saturated rings. The Labute approximate surface area is 147 Å². The third-order valence-corrected chi connectivity index (χ3v) is 4.41. The number of hydrogen-bond acceptors (Lipinski definition) is 4. The number of benzene rings is 1. The van der Waals surface area contributed by atoms with Crippen LogP contribution >= 0.6 is 0 Å². The molecule has 0 unspecified atom stereocenters. The Balaban J connectivity index is 1.74. The fourth-order valence-corrected chi connectivity index (χ4v) is 3.16. The van der Waals surface area contributed by atoms with Crippen LogP contribution in [0.1, 0.15) is 35.8 Å². The summed E-state index contributed by atoms with van der Waals surface area (Å²) in [5.74, 6) is 0.426. The minimum atomic E-state index is -0.0406. The smallest absolute Gasteiger partial charge is 0.247 e. The van der Waals surface area contributed by atoms with Gasteiger partial charge in [-0.25, -0.2) is 0 Å².